The average Bonchev–Trinajstić information content (AvgIpc) is 2.32. The van der Waals surface area contributed by atoms with Gasteiger partial charge >= 0.3 is 0 Å². The Labute approximate surface area is 105 Å². The summed E-state index contributed by atoms with van der Waals surface area (Å²) >= 11 is 0. The molecule has 0 unspecified atom stereocenters. The lowest BCUT2D eigenvalue weighted by molar-refractivity contribution is 0.102. The zero-order valence-electron chi connectivity index (χ0n) is 10.3. The second kappa shape index (κ2) is 5.00. The molecule has 0 radical (unpaired) electrons. The van der Waals surface area contributed by atoms with Crippen LogP contribution in [0.1, 0.15) is 21.5 Å². The van der Waals surface area contributed by atoms with E-state index in [1.165, 1.54) is 18.2 Å². The van der Waals surface area contributed by atoms with Gasteiger partial charge in [0.05, 0.1) is 0 Å². The van der Waals surface area contributed by atoms with Crippen LogP contribution in [0.3, 0.4) is 0 Å². The van der Waals surface area contributed by atoms with E-state index in [-0.39, 0.29) is 5.91 Å². The quantitative estimate of drug-likeness (QED) is 0.856. The number of amides is 1. The van der Waals surface area contributed by atoms with Gasteiger partial charge in [-0.1, -0.05) is 23.8 Å². The van der Waals surface area contributed by atoms with Crippen LogP contribution in [0.4, 0.5) is 10.1 Å². The first-order valence-electron chi connectivity index (χ1n) is 5.70. The minimum absolute atomic E-state index is 0.304. The van der Waals surface area contributed by atoms with Gasteiger partial charge in [0.2, 0.25) is 0 Å². The average molecular weight is 243 g/mol. The molecular formula is C15H14FNO. The van der Waals surface area contributed by atoms with Crippen molar-refractivity contribution in [3.05, 3.63) is 65.0 Å². The van der Waals surface area contributed by atoms with Crippen molar-refractivity contribution < 1.29 is 9.18 Å². The fraction of sp³-hybridized carbons (Fsp3) is 0.133. The van der Waals surface area contributed by atoms with Crippen molar-refractivity contribution in [1.29, 1.82) is 0 Å². The van der Waals surface area contributed by atoms with E-state index in [0.29, 0.717) is 5.56 Å². The zero-order valence-corrected chi connectivity index (χ0v) is 10.3. The summed E-state index contributed by atoms with van der Waals surface area (Å²) in [6, 6.07) is 11.4. The number of anilines is 1. The maximum atomic E-state index is 13.0. The molecule has 0 heterocycles. The lowest BCUT2D eigenvalue weighted by atomic mass is 10.1. The van der Waals surface area contributed by atoms with E-state index in [0.717, 1.165) is 16.8 Å². The van der Waals surface area contributed by atoms with Crippen molar-refractivity contribution in [1.82, 2.24) is 0 Å². The van der Waals surface area contributed by atoms with Crippen LogP contribution in [0, 0.1) is 19.7 Å². The van der Waals surface area contributed by atoms with Gasteiger partial charge in [-0.2, -0.15) is 0 Å². The standard InChI is InChI=1S/C15H14FNO/c1-10-6-7-14(11(2)8-10)17-15(18)12-4-3-5-13(16)9-12/h3-9H,1-2H3,(H,17,18). The Morgan fingerprint density at radius 2 is 1.89 bits per heavy atom. The van der Waals surface area contributed by atoms with Crippen LogP contribution in [-0.2, 0) is 0 Å². The third-order valence-electron chi connectivity index (χ3n) is 2.72. The van der Waals surface area contributed by atoms with E-state index < -0.39 is 5.82 Å². The minimum Gasteiger partial charge on any atom is -0.322 e. The minimum atomic E-state index is -0.414. The fourth-order valence-corrected chi connectivity index (χ4v) is 1.78. The predicted molar refractivity (Wildman–Crippen MR) is 70.3 cm³/mol. The van der Waals surface area contributed by atoms with E-state index in [9.17, 15) is 9.18 Å². The molecule has 92 valence electrons. The highest BCUT2D eigenvalue weighted by atomic mass is 19.1. The molecular weight excluding hydrogens is 229 g/mol. The summed E-state index contributed by atoms with van der Waals surface area (Å²) in [4.78, 5) is 11.9. The highest BCUT2D eigenvalue weighted by Crippen LogP contribution is 2.17. The molecule has 0 atom stereocenters. The van der Waals surface area contributed by atoms with Crippen LogP contribution < -0.4 is 5.32 Å². The predicted octanol–water partition coefficient (Wildman–Crippen LogP) is 3.69. The summed E-state index contributed by atoms with van der Waals surface area (Å²) < 4.78 is 13.0. The number of carbonyl (C=O) groups is 1. The molecule has 2 rings (SSSR count). The third-order valence-corrected chi connectivity index (χ3v) is 2.72. The van der Waals surface area contributed by atoms with Gasteiger partial charge in [0.15, 0.2) is 0 Å². The number of hydrogen-bond donors (Lipinski definition) is 1. The highest BCUT2D eigenvalue weighted by molar-refractivity contribution is 6.04. The first-order valence-corrected chi connectivity index (χ1v) is 5.70. The second-order valence-corrected chi connectivity index (χ2v) is 4.28. The molecule has 0 bridgehead atoms. The Balaban J connectivity index is 2.21. The molecule has 0 spiro atoms. The van der Waals surface area contributed by atoms with Crippen molar-refractivity contribution in [3.8, 4) is 0 Å². The van der Waals surface area contributed by atoms with Gasteiger partial charge in [-0.05, 0) is 43.7 Å². The molecule has 0 aliphatic carbocycles. The smallest absolute Gasteiger partial charge is 0.255 e. The maximum Gasteiger partial charge on any atom is 0.255 e. The molecule has 0 saturated carbocycles. The molecule has 1 amide bonds. The Morgan fingerprint density at radius 3 is 2.56 bits per heavy atom. The van der Waals surface area contributed by atoms with E-state index >= 15 is 0 Å². The summed E-state index contributed by atoms with van der Waals surface area (Å²) in [5, 5.41) is 2.78. The van der Waals surface area contributed by atoms with Gasteiger partial charge in [-0.15, -0.1) is 0 Å². The van der Waals surface area contributed by atoms with E-state index in [1.54, 1.807) is 6.07 Å². The summed E-state index contributed by atoms with van der Waals surface area (Å²) in [5.74, 6) is -0.718. The number of carbonyl (C=O) groups excluding carboxylic acids is 1. The number of aryl methyl sites for hydroxylation is 2. The first-order chi connectivity index (χ1) is 8.56. The van der Waals surface area contributed by atoms with Crippen LogP contribution in [-0.4, -0.2) is 5.91 Å². The first kappa shape index (κ1) is 12.3. The van der Waals surface area contributed by atoms with Crippen molar-refractivity contribution in [2.24, 2.45) is 0 Å². The van der Waals surface area contributed by atoms with Crippen molar-refractivity contribution in [2.45, 2.75) is 13.8 Å². The summed E-state index contributed by atoms with van der Waals surface area (Å²) in [7, 11) is 0. The molecule has 3 heteroatoms. The SMILES string of the molecule is Cc1ccc(NC(=O)c2cccc(F)c2)c(C)c1. The van der Waals surface area contributed by atoms with Gasteiger partial charge in [0.25, 0.3) is 5.91 Å². The van der Waals surface area contributed by atoms with Crippen LogP contribution >= 0.6 is 0 Å². The molecule has 2 nitrogen and oxygen atoms in total. The van der Waals surface area contributed by atoms with Gasteiger partial charge < -0.3 is 5.32 Å². The molecule has 1 N–H and O–H groups in total. The Hall–Kier alpha value is -2.16. The topological polar surface area (TPSA) is 29.1 Å². The van der Waals surface area contributed by atoms with Gasteiger partial charge in [0.1, 0.15) is 5.82 Å². The maximum absolute atomic E-state index is 13.0. The summed E-state index contributed by atoms with van der Waals surface area (Å²) in [6.45, 7) is 3.92. The lowest BCUT2D eigenvalue weighted by Gasteiger charge is -2.09. The molecule has 0 aromatic heterocycles. The molecule has 0 fully saturated rings. The van der Waals surface area contributed by atoms with E-state index in [1.807, 2.05) is 32.0 Å². The van der Waals surface area contributed by atoms with E-state index in [4.69, 9.17) is 0 Å². The van der Waals surface area contributed by atoms with Crippen molar-refractivity contribution in [3.63, 3.8) is 0 Å². The molecule has 2 aromatic carbocycles. The second-order valence-electron chi connectivity index (χ2n) is 4.28. The summed E-state index contributed by atoms with van der Waals surface area (Å²) in [6.07, 6.45) is 0. The number of benzene rings is 2. The largest absolute Gasteiger partial charge is 0.322 e. The number of rotatable bonds is 2. The van der Waals surface area contributed by atoms with Crippen LogP contribution in [0.25, 0.3) is 0 Å². The van der Waals surface area contributed by atoms with Gasteiger partial charge in [0, 0.05) is 11.3 Å². The Bertz CT molecular complexity index is 593. The van der Waals surface area contributed by atoms with Crippen LogP contribution in [0.5, 0.6) is 0 Å². The Morgan fingerprint density at radius 1 is 1.11 bits per heavy atom. The highest BCUT2D eigenvalue weighted by Gasteiger charge is 2.08. The van der Waals surface area contributed by atoms with Crippen LogP contribution in [0.15, 0.2) is 42.5 Å². The van der Waals surface area contributed by atoms with Gasteiger partial charge in [-0.3, -0.25) is 4.79 Å². The molecule has 0 saturated heterocycles. The molecule has 0 aliphatic rings. The number of halogens is 1. The number of nitrogens with one attached hydrogen (secondary N) is 1. The fourth-order valence-electron chi connectivity index (χ4n) is 1.78. The Kier molecular flexibility index (Phi) is 3.42. The molecule has 2 aromatic rings. The third kappa shape index (κ3) is 2.74. The van der Waals surface area contributed by atoms with Gasteiger partial charge in [-0.25, -0.2) is 4.39 Å². The molecule has 18 heavy (non-hydrogen) atoms. The normalized spacial score (nSPS) is 10.2. The van der Waals surface area contributed by atoms with Crippen molar-refractivity contribution >= 4 is 11.6 Å². The van der Waals surface area contributed by atoms with E-state index in [2.05, 4.69) is 5.32 Å². The number of hydrogen-bond acceptors (Lipinski definition) is 1. The zero-order chi connectivity index (χ0) is 13.1. The van der Waals surface area contributed by atoms with Crippen molar-refractivity contribution in [2.75, 3.05) is 5.32 Å². The monoisotopic (exact) mass is 243 g/mol. The summed E-state index contributed by atoms with van der Waals surface area (Å²) in [5.41, 5.74) is 3.18. The lowest BCUT2D eigenvalue weighted by Crippen LogP contribution is -2.12. The van der Waals surface area contributed by atoms with Crippen LogP contribution in [0.2, 0.25) is 0 Å². The molecule has 0 aliphatic heterocycles.